The van der Waals surface area contributed by atoms with Gasteiger partial charge in [0.15, 0.2) is 0 Å². The molecule has 3 N–H and O–H groups in total. The summed E-state index contributed by atoms with van der Waals surface area (Å²) in [6.07, 6.45) is 0.435. The van der Waals surface area contributed by atoms with Gasteiger partial charge in [0.2, 0.25) is 0 Å². The smallest absolute Gasteiger partial charge is 0.0864 e. The van der Waals surface area contributed by atoms with Gasteiger partial charge in [0.05, 0.1) is 12.7 Å². The highest BCUT2D eigenvalue weighted by atomic mass is 79.9. The van der Waals surface area contributed by atoms with E-state index >= 15 is 0 Å². The van der Waals surface area contributed by atoms with Crippen LogP contribution in [0, 0.1) is 0 Å². The summed E-state index contributed by atoms with van der Waals surface area (Å²) in [5, 5.41) is 21.8. The molecular formula is C14H22BrNO2S. The lowest BCUT2D eigenvalue weighted by atomic mass is 10.1. The monoisotopic (exact) mass is 347 g/mol. The van der Waals surface area contributed by atoms with Crippen molar-refractivity contribution >= 4 is 27.7 Å². The average Bonchev–Trinajstić information content (AvgIpc) is 2.42. The van der Waals surface area contributed by atoms with Crippen LogP contribution in [0.2, 0.25) is 0 Å². The second kappa shape index (κ2) is 8.97. The lowest BCUT2D eigenvalue weighted by Crippen LogP contribution is -2.20. The molecule has 0 fully saturated rings. The van der Waals surface area contributed by atoms with Crippen molar-refractivity contribution in [3.63, 3.8) is 0 Å². The van der Waals surface area contributed by atoms with E-state index in [1.54, 1.807) is 11.8 Å². The molecule has 0 heterocycles. The molecular weight excluding hydrogens is 326 g/mol. The Labute approximate surface area is 127 Å². The summed E-state index contributed by atoms with van der Waals surface area (Å²) >= 11 is 5.08. The standard InChI is InChI=1S/C14H22BrNO2S/c1-3-6-16-10(2)13-7-11(15)4-5-14(13)19-9-12(18)8-17/h4-5,7,10,12,16-18H,3,6,8-9H2,1-2H3. The van der Waals surface area contributed by atoms with E-state index in [4.69, 9.17) is 5.11 Å². The van der Waals surface area contributed by atoms with Crippen LogP contribution in [0.1, 0.15) is 31.9 Å². The lowest BCUT2D eigenvalue weighted by Gasteiger charge is -2.18. The summed E-state index contributed by atoms with van der Waals surface area (Å²) in [6, 6.07) is 6.44. The molecule has 0 aliphatic rings. The predicted octanol–water partition coefficient (Wildman–Crippen LogP) is 2.96. The molecule has 1 aromatic rings. The molecule has 0 radical (unpaired) electrons. The van der Waals surface area contributed by atoms with Gasteiger partial charge in [-0.05, 0) is 43.7 Å². The second-order valence-electron chi connectivity index (χ2n) is 4.51. The van der Waals surface area contributed by atoms with Crippen molar-refractivity contribution in [1.29, 1.82) is 0 Å². The van der Waals surface area contributed by atoms with Crippen molar-refractivity contribution in [2.75, 3.05) is 18.9 Å². The van der Waals surface area contributed by atoms with E-state index in [-0.39, 0.29) is 12.6 Å². The van der Waals surface area contributed by atoms with Crippen molar-refractivity contribution < 1.29 is 10.2 Å². The first-order chi connectivity index (χ1) is 9.08. The highest BCUT2D eigenvalue weighted by Gasteiger charge is 2.12. The molecule has 108 valence electrons. The molecule has 0 aromatic heterocycles. The molecule has 0 saturated carbocycles. The van der Waals surface area contributed by atoms with E-state index in [0.717, 1.165) is 22.3 Å². The van der Waals surface area contributed by atoms with E-state index in [1.807, 2.05) is 6.07 Å². The van der Waals surface area contributed by atoms with Crippen molar-refractivity contribution in [2.24, 2.45) is 0 Å². The predicted molar refractivity (Wildman–Crippen MR) is 84.7 cm³/mol. The Morgan fingerprint density at radius 1 is 1.42 bits per heavy atom. The molecule has 0 spiro atoms. The fourth-order valence-electron chi connectivity index (χ4n) is 1.70. The summed E-state index contributed by atoms with van der Waals surface area (Å²) in [5.41, 5.74) is 1.22. The maximum absolute atomic E-state index is 9.45. The van der Waals surface area contributed by atoms with Gasteiger partial charge in [0.25, 0.3) is 0 Å². The number of hydrogen-bond acceptors (Lipinski definition) is 4. The van der Waals surface area contributed by atoms with E-state index in [1.165, 1.54) is 5.56 Å². The lowest BCUT2D eigenvalue weighted by molar-refractivity contribution is 0.113. The number of aliphatic hydroxyl groups is 2. The van der Waals surface area contributed by atoms with Gasteiger partial charge in [-0.15, -0.1) is 11.8 Å². The Hall–Kier alpha value is -0.0700. The maximum atomic E-state index is 9.45. The van der Waals surface area contributed by atoms with Crippen molar-refractivity contribution in [3.05, 3.63) is 28.2 Å². The Morgan fingerprint density at radius 2 is 2.16 bits per heavy atom. The zero-order valence-electron chi connectivity index (χ0n) is 11.4. The summed E-state index contributed by atoms with van der Waals surface area (Å²) < 4.78 is 1.06. The van der Waals surface area contributed by atoms with Crippen LogP contribution in [0.5, 0.6) is 0 Å². The first-order valence-corrected chi connectivity index (χ1v) is 8.30. The Bertz CT molecular complexity index is 390. The van der Waals surface area contributed by atoms with Crippen LogP contribution in [0.15, 0.2) is 27.6 Å². The van der Waals surface area contributed by atoms with Gasteiger partial charge < -0.3 is 15.5 Å². The molecule has 0 saturated heterocycles. The van der Waals surface area contributed by atoms with Crippen molar-refractivity contribution in [1.82, 2.24) is 5.32 Å². The van der Waals surface area contributed by atoms with E-state index in [9.17, 15) is 5.11 Å². The number of thioether (sulfide) groups is 1. The molecule has 5 heteroatoms. The topological polar surface area (TPSA) is 52.5 Å². The van der Waals surface area contributed by atoms with Crippen LogP contribution in [0.3, 0.4) is 0 Å². The van der Waals surface area contributed by atoms with Crippen LogP contribution in [-0.4, -0.2) is 35.2 Å². The van der Waals surface area contributed by atoms with E-state index in [2.05, 4.69) is 47.2 Å². The summed E-state index contributed by atoms with van der Waals surface area (Å²) in [5.74, 6) is 0.506. The Morgan fingerprint density at radius 3 is 2.79 bits per heavy atom. The molecule has 2 unspecified atom stereocenters. The zero-order valence-corrected chi connectivity index (χ0v) is 13.8. The average molecular weight is 348 g/mol. The molecule has 1 aromatic carbocycles. The highest BCUT2D eigenvalue weighted by Crippen LogP contribution is 2.30. The molecule has 3 nitrogen and oxygen atoms in total. The third kappa shape index (κ3) is 5.83. The summed E-state index contributed by atoms with van der Waals surface area (Å²) in [6.45, 7) is 5.08. The Kier molecular flexibility index (Phi) is 8.02. The Balaban J connectivity index is 2.78. The number of benzene rings is 1. The van der Waals surface area contributed by atoms with Crippen LogP contribution in [0.4, 0.5) is 0 Å². The fraction of sp³-hybridized carbons (Fsp3) is 0.571. The number of nitrogens with one attached hydrogen (secondary N) is 1. The molecule has 0 aliphatic carbocycles. The minimum Gasteiger partial charge on any atom is -0.394 e. The molecule has 19 heavy (non-hydrogen) atoms. The quantitative estimate of drug-likeness (QED) is 0.633. The summed E-state index contributed by atoms with van der Waals surface area (Å²) in [7, 11) is 0. The third-order valence-electron chi connectivity index (χ3n) is 2.78. The van der Waals surface area contributed by atoms with Crippen LogP contribution in [-0.2, 0) is 0 Å². The van der Waals surface area contributed by atoms with Crippen LogP contribution in [0.25, 0.3) is 0 Å². The van der Waals surface area contributed by atoms with Gasteiger partial charge in [-0.25, -0.2) is 0 Å². The van der Waals surface area contributed by atoms with Crippen molar-refractivity contribution in [2.45, 2.75) is 37.3 Å². The minimum absolute atomic E-state index is 0.192. The van der Waals surface area contributed by atoms with Crippen molar-refractivity contribution in [3.8, 4) is 0 Å². The van der Waals surface area contributed by atoms with Gasteiger partial charge in [-0.1, -0.05) is 22.9 Å². The van der Waals surface area contributed by atoms with Crippen LogP contribution >= 0.6 is 27.7 Å². The molecule has 1 rings (SSSR count). The maximum Gasteiger partial charge on any atom is 0.0864 e. The summed E-state index contributed by atoms with van der Waals surface area (Å²) in [4.78, 5) is 1.15. The minimum atomic E-state index is -0.666. The molecule has 2 atom stereocenters. The number of aliphatic hydroxyl groups excluding tert-OH is 2. The third-order valence-corrected chi connectivity index (χ3v) is 4.51. The van der Waals surface area contributed by atoms with E-state index in [0.29, 0.717) is 5.75 Å². The number of rotatable bonds is 8. The van der Waals surface area contributed by atoms with Gasteiger partial charge in [0, 0.05) is 21.2 Å². The van der Waals surface area contributed by atoms with Gasteiger partial charge in [0.1, 0.15) is 0 Å². The molecule has 0 aliphatic heterocycles. The first kappa shape index (κ1) is 17.0. The van der Waals surface area contributed by atoms with Crippen LogP contribution < -0.4 is 5.32 Å². The first-order valence-electron chi connectivity index (χ1n) is 6.53. The van der Waals surface area contributed by atoms with E-state index < -0.39 is 6.10 Å². The highest BCUT2D eigenvalue weighted by molar-refractivity contribution is 9.10. The molecule has 0 bridgehead atoms. The van der Waals surface area contributed by atoms with Gasteiger partial charge >= 0.3 is 0 Å². The van der Waals surface area contributed by atoms with Gasteiger partial charge in [-0.3, -0.25) is 0 Å². The number of hydrogen-bond donors (Lipinski definition) is 3. The van der Waals surface area contributed by atoms with Gasteiger partial charge in [-0.2, -0.15) is 0 Å². The number of halogens is 1. The second-order valence-corrected chi connectivity index (χ2v) is 6.48. The largest absolute Gasteiger partial charge is 0.394 e. The fourth-order valence-corrected chi connectivity index (χ4v) is 3.12. The normalized spacial score (nSPS) is 14.4. The zero-order chi connectivity index (χ0) is 14.3. The SMILES string of the molecule is CCCNC(C)c1cc(Br)ccc1SCC(O)CO. The molecule has 0 amide bonds.